The Balaban J connectivity index is 2.25. The van der Waals surface area contributed by atoms with Crippen LogP contribution in [0.5, 0.6) is 0 Å². The second kappa shape index (κ2) is 6.03. The van der Waals surface area contributed by atoms with Crippen molar-refractivity contribution >= 4 is 6.09 Å². The highest BCUT2D eigenvalue weighted by Gasteiger charge is 2.03. The Morgan fingerprint density at radius 3 is 2.73 bits per heavy atom. The number of rotatable bonds is 5. The minimum absolute atomic E-state index is 0.239. The van der Waals surface area contributed by atoms with Crippen LogP contribution < -0.4 is 11.1 Å². The fourth-order valence-electron chi connectivity index (χ4n) is 1.29. The standard InChI is InChI=1S/C11H16N2O2/c1-9(10-5-3-2-4-6-10)13-7-8-15-11(12)14/h2-6,9,13H,7-8H2,1H3,(H2,12,14). The number of hydrogen-bond donors (Lipinski definition) is 2. The van der Waals surface area contributed by atoms with Gasteiger partial charge in [0.1, 0.15) is 6.61 Å². The summed E-state index contributed by atoms with van der Waals surface area (Å²) in [5.41, 5.74) is 6.04. The largest absolute Gasteiger partial charge is 0.448 e. The second-order valence-corrected chi connectivity index (χ2v) is 3.25. The van der Waals surface area contributed by atoms with E-state index in [0.717, 1.165) is 0 Å². The van der Waals surface area contributed by atoms with Gasteiger partial charge in [0.15, 0.2) is 0 Å². The molecular formula is C11H16N2O2. The number of nitrogens with one attached hydrogen (secondary N) is 1. The predicted molar refractivity (Wildman–Crippen MR) is 58.4 cm³/mol. The zero-order valence-corrected chi connectivity index (χ0v) is 8.77. The molecule has 0 bridgehead atoms. The average molecular weight is 208 g/mol. The highest BCUT2D eigenvalue weighted by molar-refractivity contribution is 5.64. The Hall–Kier alpha value is -1.55. The summed E-state index contributed by atoms with van der Waals surface area (Å²) in [7, 11) is 0. The van der Waals surface area contributed by atoms with Crippen LogP contribution in [0.4, 0.5) is 4.79 Å². The molecule has 4 nitrogen and oxygen atoms in total. The third kappa shape index (κ3) is 4.46. The van der Waals surface area contributed by atoms with E-state index in [4.69, 9.17) is 5.73 Å². The molecule has 0 radical (unpaired) electrons. The maximum Gasteiger partial charge on any atom is 0.404 e. The molecule has 1 aromatic carbocycles. The molecule has 1 unspecified atom stereocenters. The van der Waals surface area contributed by atoms with Gasteiger partial charge in [-0.15, -0.1) is 0 Å². The topological polar surface area (TPSA) is 64.3 Å². The first-order valence-corrected chi connectivity index (χ1v) is 4.90. The van der Waals surface area contributed by atoms with Gasteiger partial charge in [0.2, 0.25) is 0 Å². The Morgan fingerprint density at radius 2 is 2.13 bits per heavy atom. The van der Waals surface area contributed by atoms with Crippen LogP contribution in [0, 0.1) is 0 Å². The molecule has 0 saturated heterocycles. The molecule has 1 rings (SSSR count). The van der Waals surface area contributed by atoms with Crippen LogP contribution in [0.2, 0.25) is 0 Å². The number of carbonyl (C=O) groups excluding carboxylic acids is 1. The molecule has 1 amide bonds. The van der Waals surface area contributed by atoms with E-state index in [-0.39, 0.29) is 6.04 Å². The fourth-order valence-corrected chi connectivity index (χ4v) is 1.29. The molecule has 1 aromatic rings. The Labute approximate surface area is 89.4 Å². The van der Waals surface area contributed by atoms with Crippen LogP contribution in [0.3, 0.4) is 0 Å². The van der Waals surface area contributed by atoms with Crippen LogP contribution in [0.25, 0.3) is 0 Å². The molecule has 3 N–H and O–H groups in total. The third-order valence-corrected chi connectivity index (χ3v) is 2.10. The summed E-state index contributed by atoms with van der Waals surface area (Å²) >= 11 is 0. The summed E-state index contributed by atoms with van der Waals surface area (Å²) in [6.45, 7) is 2.95. The van der Waals surface area contributed by atoms with Gasteiger partial charge in [-0.3, -0.25) is 0 Å². The van der Waals surface area contributed by atoms with Gasteiger partial charge in [-0.25, -0.2) is 4.79 Å². The maximum atomic E-state index is 10.3. The molecule has 0 spiro atoms. The minimum Gasteiger partial charge on any atom is -0.448 e. The van der Waals surface area contributed by atoms with Gasteiger partial charge in [0.25, 0.3) is 0 Å². The van der Waals surface area contributed by atoms with E-state index in [2.05, 4.69) is 17.0 Å². The van der Waals surface area contributed by atoms with Gasteiger partial charge >= 0.3 is 6.09 Å². The monoisotopic (exact) mass is 208 g/mol. The van der Waals surface area contributed by atoms with Crippen molar-refractivity contribution in [2.24, 2.45) is 5.73 Å². The van der Waals surface area contributed by atoms with E-state index >= 15 is 0 Å². The number of hydrogen-bond acceptors (Lipinski definition) is 3. The summed E-state index contributed by atoms with van der Waals surface area (Å²) in [5, 5.41) is 3.22. The molecular weight excluding hydrogens is 192 g/mol. The van der Waals surface area contributed by atoms with E-state index in [1.54, 1.807) is 0 Å². The molecule has 15 heavy (non-hydrogen) atoms. The van der Waals surface area contributed by atoms with E-state index in [0.29, 0.717) is 13.2 Å². The SMILES string of the molecule is CC(NCCOC(N)=O)c1ccccc1. The van der Waals surface area contributed by atoms with E-state index < -0.39 is 6.09 Å². The normalized spacial score (nSPS) is 12.1. The number of carbonyl (C=O) groups is 1. The molecule has 82 valence electrons. The summed E-state index contributed by atoms with van der Waals surface area (Å²) in [6.07, 6.45) is -0.732. The first-order chi connectivity index (χ1) is 7.20. The number of benzene rings is 1. The Kier molecular flexibility index (Phi) is 4.63. The van der Waals surface area contributed by atoms with E-state index in [1.807, 2.05) is 30.3 Å². The predicted octanol–water partition coefficient (Wildman–Crippen LogP) is 1.43. The Bertz CT molecular complexity index is 301. The lowest BCUT2D eigenvalue weighted by Crippen LogP contribution is -2.25. The molecule has 0 aliphatic heterocycles. The average Bonchev–Trinajstić information content (AvgIpc) is 2.25. The summed E-state index contributed by atoms with van der Waals surface area (Å²) in [5.74, 6) is 0. The third-order valence-electron chi connectivity index (χ3n) is 2.10. The van der Waals surface area contributed by atoms with Gasteiger partial charge in [-0.05, 0) is 12.5 Å². The van der Waals surface area contributed by atoms with Crippen molar-refractivity contribution in [1.82, 2.24) is 5.32 Å². The van der Waals surface area contributed by atoms with Crippen molar-refractivity contribution in [2.45, 2.75) is 13.0 Å². The lowest BCUT2D eigenvalue weighted by Gasteiger charge is -2.13. The number of ether oxygens (including phenoxy) is 1. The lowest BCUT2D eigenvalue weighted by molar-refractivity contribution is 0.156. The molecule has 0 saturated carbocycles. The van der Waals surface area contributed by atoms with Crippen LogP contribution in [-0.2, 0) is 4.74 Å². The van der Waals surface area contributed by atoms with Crippen molar-refractivity contribution in [1.29, 1.82) is 0 Å². The summed E-state index contributed by atoms with van der Waals surface area (Å²) < 4.78 is 4.60. The quantitative estimate of drug-likeness (QED) is 0.719. The van der Waals surface area contributed by atoms with Crippen molar-refractivity contribution < 1.29 is 9.53 Å². The zero-order chi connectivity index (χ0) is 11.1. The molecule has 1 atom stereocenters. The second-order valence-electron chi connectivity index (χ2n) is 3.25. The molecule has 4 heteroatoms. The van der Waals surface area contributed by atoms with Gasteiger partial charge in [0.05, 0.1) is 0 Å². The number of amides is 1. The first-order valence-electron chi connectivity index (χ1n) is 4.90. The molecule has 0 fully saturated rings. The van der Waals surface area contributed by atoms with E-state index in [9.17, 15) is 4.79 Å². The fraction of sp³-hybridized carbons (Fsp3) is 0.364. The minimum atomic E-state index is -0.732. The highest BCUT2D eigenvalue weighted by atomic mass is 16.5. The van der Waals surface area contributed by atoms with Gasteiger partial charge in [-0.2, -0.15) is 0 Å². The lowest BCUT2D eigenvalue weighted by atomic mass is 10.1. The van der Waals surface area contributed by atoms with Crippen molar-refractivity contribution in [3.8, 4) is 0 Å². The van der Waals surface area contributed by atoms with Gasteiger partial charge in [0, 0.05) is 12.6 Å². The van der Waals surface area contributed by atoms with Crippen LogP contribution in [0.15, 0.2) is 30.3 Å². The van der Waals surface area contributed by atoms with Crippen molar-refractivity contribution in [2.75, 3.05) is 13.2 Å². The van der Waals surface area contributed by atoms with Gasteiger partial charge < -0.3 is 15.8 Å². The van der Waals surface area contributed by atoms with Crippen LogP contribution in [-0.4, -0.2) is 19.2 Å². The van der Waals surface area contributed by atoms with Crippen LogP contribution >= 0.6 is 0 Å². The number of nitrogens with two attached hydrogens (primary N) is 1. The van der Waals surface area contributed by atoms with Gasteiger partial charge in [-0.1, -0.05) is 30.3 Å². The Morgan fingerprint density at radius 1 is 1.47 bits per heavy atom. The molecule has 0 aliphatic rings. The summed E-state index contributed by atoms with van der Waals surface area (Å²) in [6, 6.07) is 10.3. The maximum absolute atomic E-state index is 10.3. The summed E-state index contributed by atoms with van der Waals surface area (Å²) in [4.78, 5) is 10.3. The molecule has 0 aromatic heterocycles. The first kappa shape index (κ1) is 11.5. The molecule has 0 aliphatic carbocycles. The number of primary amides is 1. The van der Waals surface area contributed by atoms with E-state index in [1.165, 1.54) is 5.56 Å². The highest BCUT2D eigenvalue weighted by Crippen LogP contribution is 2.10. The van der Waals surface area contributed by atoms with Crippen molar-refractivity contribution in [3.63, 3.8) is 0 Å². The smallest absolute Gasteiger partial charge is 0.404 e. The van der Waals surface area contributed by atoms with Crippen LogP contribution in [0.1, 0.15) is 18.5 Å². The molecule has 0 heterocycles. The zero-order valence-electron chi connectivity index (χ0n) is 8.77. The van der Waals surface area contributed by atoms with Crippen molar-refractivity contribution in [3.05, 3.63) is 35.9 Å².